The van der Waals surface area contributed by atoms with E-state index in [1.807, 2.05) is 54.4 Å². The number of nitrogens with one attached hydrogen (secondary N) is 1. The van der Waals surface area contributed by atoms with Crippen molar-refractivity contribution in [1.82, 2.24) is 10.2 Å². The largest absolute Gasteiger partial charge is 0.345 e. The maximum atomic E-state index is 12.3. The minimum absolute atomic E-state index is 0.0669. The van der Waals surface area contributed by atoms with Crippen molar-refractivity contribution in [3.05, 3.63) is 69.7 Å². The zero-order valence-corrected chi connectivity index (χ0v) is 16.3. The van der Waals surface area contributed by atoms with Crippen LogP contribution in [0.2, 0.25) is 10.0 Å². The molecule has 0 aliphatic heterocycles. The lowest BCUT2D eigenvalue weighted by Gasteiger charge is -2.20. The number of benzene rings is 2. The molecule has 0 radical (unpaired) electrons. The van der Waals surface area contributed by atoms with Crippen LogP contribution in [-0.2, 0) is 22.6 Å². The van der Waals surface area contributed by atoms with Gasteiger partial charge in [0.05, 0.1) is 22.6 Å². The minimum atomic E-state index is -0.534. The molecule has 0 unspecified atom stereocenters. The van der Waals surface area contributed by atoms with E-state index in [0.717, 1.165) is 11.1 Å². The van der Waals surface area contributed by atoms with Crippen LogP contribution in [0.25, 0.3) is 0 Å². The van der Waals surface area contributed by atoms with Crippen LogP contribution in [0.1, 0.15) is 18.1 Å². The quantitative estimate of drug-likeness (QED) is 0.744. The molecule has 1 atom stereocenters. The SMILES string of the molecule is CC(=O)[C@H](Cc1ccccc1)NC(=O)CN(C)Cc1cccc(Cl)c1Cl. The lowest BCUT2D eigenvalue weighted by molar-refractivity contribution is -0.127. The minimum Gasteiger partial charge on any atom is -0.345 e. The standard InChI is InChI=1S/C20H22Cl2N2O2/c1-14(25)18(11-15-7-4-3-5-8-15)23-19(26)13-24(2)12-16-9-6-10-17(21)20(16)22/h3-10,18H,11-13H2,1-2H3,(H,23,26)/t18-/m0/s1. The molecule has 0 aliphatic carbocycles. The number of rotatable bonds is 8. The van der Waals surface area contributed by atoms with Crippen LogP contribution in [0, 0.1) is 0 Å². The Hall–Kier alpha value is -1.88. The Labute approximate surface area is 164 Å². The van der Waals surface area contributed by atoms with Gasteiger partial charge >= 0.3 is 0 Å². The normalized spacial score (nSPS) is 12.0. The van der Waals surface area contributed by atoms with Crippen LogP contribution in [0.3, 0.4) is 0 Å². The number of hydrogen-bond donors (Lipinski definition) is 1. The molecule has 0 aliphatic rings. The zero-order chi connectivity index (χ0) is 19.1. The van der Waals surface area contributed by atoms with Crippen LogP contribution in [0.15, 0.2) is 48.5 Å². The number of carbonyl (C=O) groups is 2. The van der Waals surface area contributed by atoms with Crippen molar-refractivity contribution in [2.24, 2.45) is 0 Å². The van der Waals surface area contributed by atoms with Gasteiger partial charge in [0, 0.05) is 6.54 Å². The molecule has 26 heavy (non-hydrogen) atoms. The Kier molecular flexibility index (Phi) is 7.64. The van der Waals surface area contributed by atoms with Crippen LogP contribution in [0.5, 0.6) is 0 Å². The van der Waals surface area contributed by atoms with Gasteiger partial charge in [0.1, 0.15) is 0 Å². The molecule has 0 heterocycles. The molecule has 2 rings (SSSR count). The number of amides is 1. The van der Waals surface area contributed by atoms with Crippen molar-refractivity contribution in [3.63, 3.8) is 0 Å². The molecular weight excluding hydrogens is 371 g/mol. The highest BCUT2D eigenvalue weighted by Gasteiger charge is 2.19. The fraction of sp³-hybridized carbons (Fsp3) is 0.300. The van der Waals surface area contributed by atoms with Gasteiger partial charge in [-0.2, -0.15) is 0 Å². The van der Waals surface area contributed by atoms with Crippen LogP contribution >= 0.6 is 23.2 Å². The Morgan fingerprint density at radius 3 is 2.42 bits per heavy atom. The van der Waals surface area contributed by atoms with Crippen molar-refractivity contribution in [3.8, 4) is 0 Å². The van der Waals surface area contributed by atoms with Gasteiger partial charge in [-0.3, -0.25) is 14.5 Å². The van der Waals surface area contributed by atoms with E-state index >= 15 is 0 Å². The number of carbonyl (C=O) groups excluding carboxylic acids is 2. The molecule has 1 N–H and O–H groups in total. The molecule has 0 saturated heterocycles. The molecule has 0 spiro atoms. The summed E-state index contributed by atoms with van der Waals surface area (Å²) >= 11 is 12.2. The molecule has 0 saturated carbocycles. The lowest BCUT2D eigenvalue weighted by atomic mass is 10.0. The second kappa shape index (κ2) is 9.72. The second-order valence-corrected chi connectivity index (χ2v) is 7.09. The van der Waals surface area contributed by atoms with E-state index in [1.165, 1.54) is 6.92 Å². The van der Waals surface area contributed by atoms with E-state index in [4.69, 9.17) is 23.2 Å². The third-order valence-electron chi connectivity index (χ3n) is 3.99. The van der Waals surface area contributed by atoms with E-state index in [1.54, 1.807) is 6.07 Å². The van der Waals surface area contributed by atoms with Crippen LogP contribution < -0.4 is 5.32 Å². The van der Waals surface area contributed by atoms with Crippen molar-refractivity contribution in [2.45, 2.75) is 25.9 Å². The molecule has 138 valence electrons. The second-order valence-electron chi connectivity index (χ2n) is 6.31. The van der Waals surface area contributed by atoms with Crippen molar-refractivity contribution >= 4 is 34.9 Å². The molecule has 0 fully saturated rings. The van der Waals surface area contributed by atoms with Crippen molar-refractivity contribution in [2.75, 3.05) is 13.6 Å². The molecule has 2 aromatic rings. The number of halogens is 2. The van der Waals surface area contributed by atoms with Gasteiger partial charge in [-0.25, -0.2) is 0 Å². The molecule has 0 aromatic heterocycles. The number of likely N-dealkylation sites (N-methyl/N-ethyl adjacent to an activating group) is 1. The van der Waals surface area contributed by atoms with Crippen molar-refractivity contribution in [1.29, 1.82) is 0 Å². The van der Waals surface area contributed by atoms with E-state index in [0.29, 0.717) is 23.0 Å². The summed E-state index contributed by atoms with van der Waals surface area (Å²) in [7, 11) is 1.82. The van der Waals surface area contributed by atoms with Crippen LogP contribution in [-0.4, -0.2) is 36.2 Å². The molecule has 6 heteroatoms. The number of nitrogens with zero attached hydrogens (tertiary/aromatic N) is 1. The van der Waals surface area contributed by atoms with Gasteiger partial charge in [-0.15, -0.1) is 0 Å². The molecule has 4 nitrogen and oxygen atoms in total. The van der Waals surface area contributed by atoms with Gasteiger partial charge in [0.25, 0.3) is 0 Å². The first-order chi connectivity index (χ1) is 12.4. The summed E-state index contributed by atoms with van der Waals surface area (Å²) < 4.78 is 0. The summed E-state index contributed by atoms with van der Waals surface area (Å²) in [6.45, 7) is 2.13. The summed E-state index contributed by atoms with van der Waals surface area (Å²) in [5.41, 5.74) is 1.86. The van der Waals surface area contributed by atoms with E-state index in [-0.39, 0.29) is 18.2 Å². The Bertz CT molecular complexity index is 766. The number of ketones is 1. The zero-order valence-electron chi connectivity index (χ0n) is 14.8. The molecule has 2 aromatic carbocycles. The van der Waals surface area contributed by atoms with Gasteiger partial charge in [-0.1, -0.05) is 65.7 Å². The van der Waals surface area contributed by atoms with E-state index < -0.39 is 6.04 Å². The monoisotopic (exact) mass is 392 g/mol. The summed E-state index contributed by atoms with van der Waals surface area (Å²) in [5, 5.41) is 3.80. The van der Waals surface area contributed by atoms with Crippen molar-refractivity contribution < 1.29 is 9.59 Å². The highest BCUT2D eigenvalue weighted by molar-refractivity contribution is 6.42. The average Bonchev–Trinajstić information content (AvgIpc) is 2.59. The predicted molar refractivity (Wildman–Crippen MR) is 106 cm³/mol. The number of Topliss-reactive ketones (excluding diaryl/α,β-unsaturated/α-hetero) is 1. The third kappa shape index (κ3) is 6.13. The Morgan fingerprint density at radius 1 is 1.08 bits per heavy atom. The van der Waals surface area contributed by atoms with Gasteiger partial charge < -0.3 is 5.32 Å². The highest BCUT2D eigenvalue weighted by atomic mass is 35.5. The molecular formula is C20H22Cl2N2O2. The maximum Gasteiger partial charge on any atom is 0.234 e. The average molecular weight is 393 g/mol. The van der Waals surface area contributed by atoms with E-state index in [9.17, 15) is 9.59 Å². The maximum absolute atomic E-state index is 12.3. The summed E-state index contributed by atoms with van der Waals surface area (Å²) in [5.74, 6) is -0.274. The van der Waals surface area contributed by atoms with Crippen LogP contribution in [0.4, 0.5) is 0 Å². The lowest BCUT2D eigenvalue weighted by Crippen LogP contribution is -2.45. The van der Waals surface area contributed by atoms with Gasteiger partial charge in [-0.05, 0) is 37.6 Å². The first-order valence-electron chi connectivity index (χ1n) is 8.32. The summed E-state index contributed by atoms with van der Waals surface area (Å²) in [4.78, 5) is 26.0. The topological polar surface area (TPSA) is 49.4 Å². The predicted octanol–water partition coefficient (Wildman–Crippen LogP) is 3.74. The number of hydrogen-bond acceptors (Lipinski definition) is 3. The summed E-state index contributed by atoms with van der Waals surface area (Å²) in [6, 6.07) is 14.5. The van der Waals surface area contributed by atoms with Gasteiger partial charge in [0.2, 0.25) is 5.91 Å². The van der Waals surface area contributed by atoms with E-state index in [2.05, 4.69) is 5.32 Å². The first-order valence-corrected chi connectivity index (χ1v) is 9.07. The molecule has 1 amide bonds. The third-order valence-corrected chi connectivity index (χ3v) is 4.85. The fourth-order valence-electron chi connectivity index (χ4n) is 2.65. The Balaban J connectivity index is 1.92. The fourth-order valence-corrected chi connectivity index (χ4v) is 3.03. The summed E-state index contributed by atoms with van der Waals surface area (Å²) in [6.07, 6.45) is 0.478. The van der Waals surface area contributed by atoms with Gasteiger partial charge in [0.15, 0.2) is 5.78 Å². The molecule has 0 bridgehead atoms. The smallest absolute Gasteiger partial charge is 0.234 e. The first kappa shape index (κ1) is 20.4. The Morgan fingerprint density at radius 2 is 1.77 bits per heavy atom. The highest BCUT2D eigenvalue weighted by Crippen LogP contribution is 2.26.